The molecule has 5 heteroatoms. The summed E-state index contributed by atoms with van der Waals surface area (Å²) >= 11 is 11.7. The first kappa shape index (κ1) is 12.7. The summed E-state index contributed by atoms with van der Waals surface area (Å²) in [6.07, 6.45) is 1.14. The Morgan fingerprint density at radius 1 is 1.29 bits per heavy atom. The number of hydrogen-bond donors (Lipinski definition) is 1. The SMILES string of the molecule is O=C(c1cc(Cl)cc(Cl)c1)N1CCCC(O)C1. The number of aliphatic hydroxyl groups excluding tert-OH is 1. The maximum absolute atomic E-state index is 12.1. The van der Waals surface area contributed by atoms with Gasteiger partial charge in [-0.3, -0.25) is 4.79 Å². The van der Waals surface area contributed by atoms with Gasteiger partial charge in [-0.2, -0.15) is 0 Å². The molecule has 17 heavy (non-hydrogen) atoms. The third-order valence-electron chi connectivity index (χ3n) is 2.79. The van der Waals surface area contributed by atoms with Crippen molar-refractivity contribution in [2.24, 2.45) is 0 Å². The summed E-state index contributed by atoms with van der Waals surface area (Å²) in [5.41, 5.74) is 0.469. The lowest BCUT2D eigenvalue weighted by Crippen LogP contribution is -2.42. The summed E-state index contributed by atoms with van der Waals surface area (Å²) in [5.74, 6) is -0.131. The van der Waals surface area contributed by atoms with Crippen LogP contribution >= 0.6 is 23.2 Å². The van der Waals surface area contributed by atoms with Gasteiger partial charge in [-0.15, -0.1) is 0 Å². The standard InChI is InChI=1S/C12H13Cl2NO2/c13-9-4-8(5-10(14)6-9)12(17)15-3-1-2-11(16)7-15/h4-6,11,16H,1-3,7H2. The number of piperidine rings is 1. The molecule has 0 saturated carbocycles. The Bertz CT molecular complexity index is 416. The van der Waals surface area contributed by atoms with Crippen molar-refractivity contribution in [2.45, 2.75) is 18.9 Å². The van der Waals surface area contributed by atoms with Gasteiger partial charge in [0, 0.05) is 28.7 Å². The van der Waals surface area contributed by atoms with E-state index in [1.807, 2.05) is 0 Å². The number of carbonyl (C=O) groups excluding carboxylic acids is 1. The molecule has 1 aliphatic rings. The van der Waals surface area contributed by atoms with Gasteiger partial charge < -0.3 is 10.0 Å². The third kappa shape index (κ3) is 3.12. The monoisotopic (exact) mass is 273 g/mol. The summed E-state index contributed by atoms with van der Waals surface area (Å²) in [6.45, 7) is 1.04. The number of benzene rings is 1. The van der Waals surface area contributed by atoms with Crippen LogP contribution in [-0.4, -0.2) is 35.1 Å². The van der Waals surface area contributed by atoms with E-state index in [1.54, 1.807) is 23.1 Å². The molecule has 1 aromatic carbocycles. The number of nitrogens with zero attached hydrogens (tertiary/aromatic N) is 1. The molecular formula is C12H13Cl2NO2. The van der Waals surface area contributed by atoms with Crippen LogP contribution in [0.1, 0.15) is 23.2 Å². The fraction of sp³-hybridized carbons (Fsp3) is 0.417. The average Bonchev–Trinajstić information content (AvgIpc) is 2.26. The number of likely N-dealkylation sites (tertiary alicyclic amines) is 1. The largest absolute Gasteiger partial charge is 0.391 e. The Morgan fingerprint density at radius 2 is 1.94 bits per heavy atom. The molecule has 2 rings (SSSR count). The van der Waals surface area contributed by atoms with Crippen LogP contribution in [0.2, 0.25) is 10.0 Å². The van der Waals surface area contributed by atoms with Crippen LogP contribution in [0, 0.1) is 0 Å². The molecule has 1 amide bonds. The summed E-state index contributed by atoms with van der Waals surface area (Å²) < 4.78 is 0. The van der Waals surface area contributed by atoms with Gasteiger partial charge >= 0.3 is 0 Å². The topological polar surface area (TPSA) is 40.5 Å². The van der Waals surface area contributed by atoms with Crippen LogP contribution in [0.15, 0.2) is 18.2 Å². The number of amides is 1. The molecule has 0 aliphatic carbocycles. The van der Waals surface area contributed by atoms with Gasteiger partial charge in [0.15, 0.2) is 0 Å². The summed E-state index contributed by atoms with van der Waals surface area (Å²) in [5, 5.41) is 10.4. The highest BCUT2D eigenvalue weighted by atomic mass is 35.5. The maximum Gasteiger partial charge on any atom is 0.254 e. The zero-order valence-electron chi connectivity index (χ0n) is 9.20. The Morgan fingerprint density at radius 3 is 2.53 bits per heavy atom. The molecule has 1 unspecified atom stereocenters. The zero-order valence-corrected chi connectivity index (χ0v) is 10.7. The minimum absolute atomic E-state index is 0.131. The smallest absolute Gasteiger partial charge is 0.254 e. The lowest BCUT2D eigenvalue weighted by molar-refractivity contribution is 0.0474. The van der Waals surface area contributed by atoms with Crippen LogP contribution in [0.5, 0.6) is 0 Å². The van der Waals surface area contributed by atoms with E-state index in [-0.39, 0.29) is 5.91 Å². The Labute approximate surface area is 110 Å². The average molecular weight is 274 g/mol. The van der Waals surface area contributed by atoms with E-state index in [0.717, 1.165) is 12.8 Å². The second kappa shape index (κ2) is 5.25. The molecule has 1 fully saturated rings. The fourth-order valence-corrected chi connectivity index (χ4v) is 2.53. The first-order valence-electron chi connectivity index (χ1n) is 5.49. The van der Waals surface area contributed by atoms with E-state index in [1.165, 1.54) is 0 Å². The Kier molecular flexibility index (Phi) is 3.92. The molecule has 1 saturated heterocycles. The van der Waals surface area contributed by atoms with Crippen molar-refractivity contribution in [1.29, 1.82) is 0 Å². The van der Waals surface area contributed by atoms with E-state index >= 15 is 0 Å². The van der Waals surface area contributed by atoms with Crippen molar-refractivity contribution in [2.75, 3.05) is 13.1 Å². The summed E-state index contributed by atoms with van der Waals surface area (Å²) in [7, 11) is 0. The Hall–Kier alpha value is -0.770. The Balaban J connectivity index is 2.18. The molecule has 0 spiro atoms. The van der Waals surface area contributed by atoms with Crippen molar-refractivity contribution in [3.63, 3.8) is 0 Å². The van der Waals surface area contributed by atoms with E-state index in [4.69, 9.17) is 23.2 Å². The predicted octanol–water partition coefficient (Wildman–Crippen LogP) is 2.59. The predicted molar refractivity (Wildman–Crippen MR) is 67.6 cm³/mol. The first-order chi connectivity index (χ1) is 8.06. The van der Waals surface area contributed by atoms with Gasteiger partial charge in [-0.1, -0.05) is 23.2 Å². The number of β-amino-alcohol motifs (C(OH)–C–C–N with tert-alkyl or cyclic N) is 1. The minimum Gasteiger partial charge on any atom is -0.391 e. The van der Waals surface area contributed by atoms with E-state index in [9.17, 15) is 9.90 Å². The maximum atomic E-state index is 12.1. The van der Waals surface area contributed by atoms with Crippen LogP contribution in [0.3, 0.4) is 0 Å². The summed E-state index contributed by atoms with van der Waals surface area (Å²) in [6, 6.07) is 4.78. The van der Waals surface area contributed by atoms with Crippen molar-refractivity contribution in [3.05, 3.63) is 33.8 Å². The fourth-order valence-electron chi connectivity index (χ4n) is 2.00. The van der Waals surface area contributed by atoms with Gasteiger partial charge in [0.1, 0.15) is 0 Å². The van der Waals surface area contributed by atoms with E-state index < -0.39 is 6.10 Å². The number of rotatable bonds is 1. The second-order valence-corrected chi connectivity index (χ2v) is 5.08. The van der Waals surface area contributed by atoms with Gasteiger partial charge in [0.25, 0.3) is 5.91 Å². The zero-order chi connectivity index (χ0) is 12.4. The van der Waals surface area contributed by atoms with Crippen LogP contribution < -0.4 is 0 Å². The lowest BCUT2D eigenvalue weighted by Gasteiger charge is -2.30. The molecule has 1 N–H and O–H groups in total. The minimum atomic E-state index is -0.428. The van der Waals surface area contributed by atoms with E-state index in [0.29, 0.717) is 28.7 Å². The van der Waals surface area contributed by atoms with Crippen LogP contribution in [0.25, 0.3) is 0 Å². The van der Waals surface area contributed by atoms with Crippen molar-refractivity contribution >= 4 is 29.1 Å². The number of halogens is 2. The molecule has 0 aromatic heterocycles. The normalized spacial score (nSPS) is 20.4. The first-order valence-corrected chi connectivity index (χ1v) is 6.25. The molecule has 0 bridgehead atoms. The molecule has 1 aromatic rings. The second-order valence-electron chi connectivity index (χ2n) is 4.21. The molecule has 3 nitrogen and oxygen atoms in total. The third-order valence-corrected chi connectivity index (χ3v) is 3.23. The van der Waals surface area contributed by atoms with Crippen molar-refractivity contribution < 1.29 is 9.90 Å². The van der Waals surface area contributed by atoms with Gasteiger partial charge in [-0.25, -0.2) is 0 Å². The lowest BCUT2D eigenvalue weighted by atomic mass is 10.1. The van der Waals surface area contributed by atoms with Crippen LogP contribution in [-0.2, 0) is 0 Å². The highest BCUT2D eigenvalue weighted by Crippen LogP contribution is 2.21. The van der Waals surface area contributed by atoms with Gasteiger partial charge in [0.05, 0.1) is 6.10 Å². The number of hydrogen-bond acceptors (Lipinski definition) is 2. The quantitative estimate of drug-likeness (QED) is 0.855. The molecule has 1 aliphatic heterocycles. The molecular weight excluding hydrogens is 261 g/mol. The molecule has 0 radical (unpaired) electrons. The summed E-state index contributed by atoms with van der Waals surface area (Å²) in [4.78, 5) is 13.8. The van der Waals surface area contributed by atoms with E-state index in [2.05, 4.69) is 0 Å². The number of aliphatic hydroxyl groups is 1. The molecule has 92 valence electrons. The van der Waals surface area contributed by atoms with Crippen LogP contribution in [0.4, 0.5) is 0 Å². The van der Waals surface area contributed by atoms with Crippen molar-refractivity contribution in [1.82, 2.24) is 4.90 Å². The highest BCUT2D eigenvalue weighted by molar-refractivity contribution is 6.35. The number of carbonyl (C=O) groups is 1. The van der Waals surface area contributed by atoms with Crippen molar-refractivity contribution in [3.8, 4) is 0 Å². The van der Waals surface area contributed by atoms with Gasteiger partial charge in [-0.05, 0) is 31.0 Å². The molecule has 1 heterocycles. The van der Waals surface area contributed by atoms with Gasteiger partial charge in [0.2, 0.25) is 0 Å². The highest BCUT2D eigenvalue weighted by Gasteiger charge is 2.23. The molecule has 1 atom stereocenters.